The molecule has 2 rings (SSSR count). The van der Waals surface area contributed by atoms with Crippen LogP contribution < -0.4 is 5.32 Å². The molecule has 0 saturated carbocycles. The number of nitrogens with one attached hydrogen (secondary N) is 1. The first-order valence-corrected chi connectivity index (χ1v) is 4.89. The van der Waals surface area contributed by atoms with Crippen LogP contribution in [0.5, 0.6) is 0 Å². The highest BCUT2D eigenvalue weighted by Gasteiger charge is 2.37. The quantitative estimate of drug-likeness (QED) is 0.542. The Labute approximate surface area is 92.5 Å². The van der Waals surface area contributed by atoms with E-state index in [4.69, 9.17) is 29.1 Å². The molecule has 14 heavy (non-hydrogen) atoms. The predicted octanol–water partition coefficient (Wildman–Crippen LogP) is 2.77. The Balaban J connectivity index is 2.64. The van der Waals surface area contributed by atoms with Gasteiger partial charge in [-0.3, -0.25) is 0 Å². The molecule has 0 radical (unpaired) electrons. The molecule has 4 heteroatoms. The van der Waals surface area contributed by atoms with Crippen molar-refractivity contribution >= 4 is 34.5 Å². The van der Waals surface area contributed by atoms with Crippen molar-refractivity contribution in [1.82, 2.24) is 0 Å². The van der Waals surface area contributed by atoms with Crippen LogP contribution in [-0.2, 0) is 4.87 Å². The highest BCUT2D eigenvalue weighted by molar-refractivity contribution is 7.81. The summed E-state index contributed by atoms with van der Waals surface area (Å²) in [5.41, 5.74) is 2.37. The third-order valence-corrected chi connectivity index (χ3v) is 3.34. The predicted molar refractivity (Wildman–Crippen MR) is 60.6 cm³/mol. The number of hydrogen-bond acceptors (Lipinski definition) is 2. The summed E-state index contributed by atoms with van der Waals surface area (Å²) in [5, 5.41) is 11.8. The van der Waals surface area contributed by atoms with Crippen LogP contribution in [0.25, 0.3) is 0 Å². The van der Waals surface area contributed by atoms with Crippen molar-refractivity contribution in [1.29, 1.82) is 5.26 Å². The molecule has 1 unspecified atom stereocenters. The largest absolute Gasteiger partial charge is 0.348 e. The van der Waals surface area contributed by atoms with Crippen molar-refractivity contribution in [3.05, 3.63) is 29.3 Å². The normalized spacial score (nSPS) is 23.9. The Hall–Kier alpha value is -1.11. The summed E-state index contributed by atoms with van der Waals surface area (Å²) in [6, 6.07) is 7.42. The van der Waals surface area contributed by atoms with Crippen LogP contribution in [0, 0.1) is 11.3 Å². The summed E-state index contributed by atoms with van der Waals surface area (Å²) in [4.78, 5) is -0.0957. The van der Waals surface area contributed by atoms with E-state index in [9.17, 15) is 0 Å². The summed E-state index contributed by atoms with van der Waals surface area (Å²) >= 11 is 11.4. The number of anilines is 1. The summed E-state index contributed by atoms with van der Waals surface area (Å²) in [7, 11) is 0. The zero-order valence-corrected chi connectivity index (χ0v) is 9.04. The number of benzene rings is 1. The molecule has 1 aliphatic rings. The lowest BCUT2D eigenvalue weighted by Gasteiger charge is -2.14. The van der Waals surface area contributed by atoms with Crippen molar-refractivity contribution in [2.75, 3.05) is 5.32 Å². The fourth-order valence-corrected chi connectivity index (χ4v) is 1.90. The Morgan fingerprint density at radius 3 is 2.93 bits per heavy atom. The smallest absolute Gasteiger partial charge is 0.119 e. The minimum Gasteiger partial charge on any atom is -0.348 e. The second kappa shape index (κ2) is 2.94. The van der Waals surface area contributed by atoms with Crippen molar-refractivity contribution < 1.29 is 0 Å². The van der Waals surface area contributed by atoms with E-state index in [1.807, 2.05) is 13.0 Å². The van der Waals surface area contributed by atoms with E-state index in [1.165, 1.54) is 0 Å². The molecule has 0 fully saturated rings. The SMILES string of the molecule is CC1(Cl)C(=S)Nc2ccc(C#N)cc21. The summed E-state index contributed by atoms with van der Waals surface area (Å²) in [6.07, 6.45) is 0. The Morgan fingerprint density at radius 2 is 2.29 bits per heavy atom. The number of hydrogen-bond donors (Lipinski definition) is 1. The van der Waals surface area contributed by atoms with Crippen molar-refractivity contribution in [2.45, 2.75) is 11.8 Å². The third-order valence-electron chi connectivity index (χ3n) is 2.33. The van der Waals surface area contributed by atoms with Crippen LogP contribution in [0.1, 0.15) is 18.1 Å². The van der Waals surface area contributed by atoms with Crippen molar-refractivity contribution in [2.24, 2.45) is 0 Å². The number of rotatable bonds is 0. The maximum atomic E-state index is 8.76. The Bertz CT molecular complexity index is 460. The summed E-state index contributed by atoms with van der Waals surface area (Å²) in [6.45, 7) is 1.83. The number of alkyl halides is 1. The molecule has 1 aromatic carbocycles. The van der Waals surface area contributed by atoms with Gasteiger partial charge in [-0.1, -0.05) is 12.2 Å². The van der Waals surface area contributed by atoms with Crippen LogP contribution in [0.2, 0.25) is 0 Å². The summed E-state index contributed by atoms with van der Waals surface area (Å²) < 4.78 is 0. The molecule has 0 aromatic heterocycles. The number of nitrogens with zero attached hydrogens (tertiary/aromatic N) is 1. The highest BCUT2D eigenvalue weighted by atomic mass is 35.5. The molecular weight excluding hydrogens is 216 g/mol. The minimum absolute atomic E-state index is 0.587. The van der Waals surface area contributed by atoms with Gasteiger partial charge in [0.05, 0.1) is 11.6 Å². The van der Waals surface area contributed by atoms with Gasteiger partial charge in [-0.2, -0.15) is 5.26 Å². The van der Waals surface area contributed by atoms with E-state index in [1.54, 1.807) is 12.1 Å². The first-order valence-electron chi connectivity index (χ1n) is 4.10. The molecule has 70 valence electrons. The van der Waals surface area contributed by atoms with E-state index in [0.29, 0.717) is 10.6 Å². The van der Waals surface area contributed by atoms with Gasteiger partial charge >= 0.3 is 0 Å². The van der Waals surface area contributed by atoms with Crippen LogP contribution >= 0.6 is 23.8 Å². The molecule has 0 aliphatic carbocycles. The maximum absolute atomic E-state index is 8.76. The Morgan fingerprint density at radius 1 is 1.57 bits per heavy atom. The van der Waals surface area contributed by atoms with Gasteiger partial charge in [0.25, 0.3) is 0 Å². The van der Waals surface area contributed by atoms with Gasteiger partial charge in [0.2, 0.25) is 0 Å². The molecule has 2 nitrogen and oxygen atoms in total. The van der Waals surface area contributed by atoms with Crippen LogP contribution in [-0.4, -0.2) is 4.99 Å². The topological polar surface area (TPSA) is 35.8 Å². The van der Waals surface area contributed by atoms with E-state index in [-0.39, 0.29) is 0 Å². The summed E-state index contributed by atoms with van der Waals surface area (Å²) in [5.74, 6) is 0. The van der Waals surface area contributed by atoms with E-state index in [2.05, 4.69) is 11.4 Å². The molecule has 0 bridgehead atoms. The van der Waals surface area contributed by atoms with Gasteiger partial charge in [0, 0.05) is 11.3 Å². The molecule has 0 spiro atoms. The fourth-order valence-electron chi connectivity index (χ4n) is 1.47. The molecule has 1 heterocycles. The lowest BCUT2D eigenvalue weighted by molar-refractivity contribution is 0.959. The minimum atomic E-state index is -0.683. The van der Waals surface area contributed by atoms with E-state index in [0.717, 1.165) is 11.3 Å². The third kappa shape index (κ3) is 1.19. The van der Waals surface area contributed by atoms with E-state index < -0.39 is 4.87 Å². The molecule has 1 aliphatic heterocycles. The zero-order valence-electron chi connectivity index (χ0n) is 7.47. The standard InChI is InChI=1S/C10H7ClN2S/c1-10(11)7-4-6(5-12)2-3-8(7)13-9(10)14/h2-4H,1H3,(H,13,14). The lowest BCUT2D eigenvalue weighted by atomic mass is 10.0. The molecule has 0 amide bonds. The number of halogens is 1. The van der Waals surface area contributed by atoms with Gasteiger partial charge in [0.1, 0.15) is 9.86 Å². The maximum Gasteiger partial charge on any atom is 0.119 e. The van der Waals surface area contributed by atoms with Gasteiger partial charge in [-0.15, -0.1) is 11.6 Å². The molecule has 1 aromatic rings. The van der Waals surface area contributed by atoms with Crippen LogP contribution in [0.3, 0.4) is 0 Å². The van der Waals surface area contributed by atoms with Gasteiger partial charge in [-0.05, 0) is 25.1 Å². The lowest BCUT2D eigenvalue weighted by Crippen LogP contribution is -2.22. The Kier molecular flexibility index (Phi) is 1.99. The number of thiocarbonyl (C=S) groups is 1. The van der Waals surface area contributed by atoms with Crippen molar-refractivity contribution in [3.8, 4) is 6.07 Å². The van der Waals surface area contributed by atoms with Gasteiger partial charge < -0.3 is 5.32 Å². The molecule has 1 N–H and O–H groups in total. The second-order valence-electron chi connectivity index (χ2n) is 3.33. The molecule has 0 saturated heterocycles. The van der Waals surface area contributed by atoms with Crippen LogP contribution in [0.4, 0.5) is 5.69 Å². The fraction of sp³-hybridized carbons (Fsp3) is 0.200. The van der Waals surface area contributed by atoms with Crippen molar-refractivity contribution in [3.63, 3.8) is 0 Å². The first-order chi connectivity index (χ1) is 6.55. The van der Waals surface area contributed by atoms with Gasteiger partial charge in [-0.25, -0.2) is 0 Å². The highest BCUT2D eigenvalue weighted by Crippen LogP contribution is 2.41. The van der Waals surface area contributed by atoms with E-state index >= 15 is 0 Å². The average molecular weight is 223 g/mol. The zero-order chi connectivity index (χ0) is 10.3. The monoisotopic (exact) mass is 222 g/mol. The number of nitriles is 1. The average Bonchev–Trinajstić information content (AvgIpc) is 2.38. The first kappa shape index (κ1) is 9.45. The second-order valence-corrected chi connectivity index (χ2v) is 4.49. The number of fused-ring (bicyclic) bond motifs is 1. The molecular formula is C10H7ClN2S. The van der Waals surface area contributed by atoms with Gasteiger partial charge in [0.15, 0.2) is 0 Å². The molecule has 1 atom stereocenters. The van der Waals surface area contributed by atoms with Crippen LogP contribution in [0.15, 0.2) is 18.2 Å².